The van der Waals surface area contributed by atoms with E-state index in [0.717, 1.165) is 6.08 Å². The zero-order chi connectivity index (χ0) is 20.3. The van der Waals surface area contributed by atoms with Crippen molar-refractivity contribution in [3.63, 3.8) is 0 Å². The third-order valence-corrected chi connectivity index (χ3v) is 6.56. The number of hydrogen-bond acceptors (Lipinski definition) is 7. The Morgan fingerprint density at radius 2 is 1.96 bits per heavy atom. The Kier molecular flexibility index (Phi) is 7.74. The van der Waals surface area contributed by atoms with E-state index in [9.17, 15) is 24.2 Å². The van der Waals surface area contributed by atoms with E-state index in [1.54, 1.807) is 0 Å². The third-order valence-electron chi connectivity index (χ3n) is 3.75. The van der Waals surface area contributed by atoms with E-state index in [2.05, 4.69) is 0 Å². The summed E-state index contributed by atoms with van der Waals surface area (Å²) in [5.41, 5.74) is 2.65. The number of carbonyl (C=O) groups excluding carboxylic acids is 1. The first-order chi connectivity index (χ1) is 11.8. The van der Waals surface area contributed by atoms with Gasteiger partial charge in [-0.2, -0.15) is 0 Å². The second-order valence-electron chi connectivity index (χ2n) is 5.80. The van der Waals surface area contributed by atoms with E-state index < -0.39 is 55.0 Å². The Balaban J connectivity index is 2.94. The van der Waals surface area contributed by atoms with Crippen molar-refractivity contribution in [1.82, 2.24) is 0 Å². The van der Waals surface area contributed by atoms with E-state index in [0.29, 0.717) is 0 Å². The molecule has 9 nitrogen and oxygen atoms in total. The third kappa shape index (κ3) is 5.47. The second kappa shape index (κ2) is 8.75. The lowest BCUT2D eigenvalue weighted by molar-refractivity contribution is -0.146. The normalized spacial score (nSPS) is 24.5. The smallest absolute Gasteiger partial charge is 0.356 e. The van der Waals surface area contributed by atoms with Crippen molar-refractivity contribution in [2.45, 2.75) is 30.4 Å². The van der Waals surface area contributed by atoms with Crippen LogP contribution >= 0.6 is 30.9 Å². The maximum absolute atomic E-state index is 12.4. The summed E-state index contributed by atoms with van der Waals surface area (Å²) in [7, 11) is -4.17. The van der Waals surface area contributed by atoms with E-state index >= 15 is 0 Å². The van der Waals surface area contributed by atoms with Crippen molar-refractivity contribution in [2.24, 2.45) is 5.73 Å². The van der Waals surface area contributed by atoms with Gasteiger partial charge in [0.2, 0.25) is 0 Å². The Hall–Kier alpha value is -1.06. The molecule has 3 atom stereocenters. The standard InChI is InChI=1S/C14H18Cl2NO8P/c1-14(25-6-11(18)19)9(15)4-7(5-10(14)16)13(22)26(23,24)3-2-8(17)12(20)21/h4-5,8-9,23-24H,2-3,6,17H2,1H3,(H-,18,19,20,21)/p+1. The van der Waals surface area contributed by atoms with Crippen molar-refractivity contribution in [2.75, 3.05) is 12.8 Å². The molecule has 3 unspecified atom stereocenters. The van der Waals surface area contributed by atoms with Crippen LogP contribution in [0.4, 0.5) is 0 Å². The summed E-state index contributed by atoms with van der Waals surface area (Å²) in [5, 5.41) is 16.3. The number of carboxylic acid groups (broad SMARTS) is 2. The highest BCUT2D eigenvalue weighted by Gasteiger charge is 2.49. The minimum atomic E-state index is -4.17. The van der Waals surface area contributed by atoms with Crippen LogP contribution in [0.25, 0.3) is 0 Å². The van der Waals surface area contributed by atoms with Crippen LogP contribution in [-0.2, 0) is 19.1 Å². The predicted octanol–water partition coefficient (Wildman–Crippen LogP) is 0.677. The SMILES string of the molecule is CC1(OCC(=O)O)C(Cl)=CC(C(=O)[P+](O)(O)CCC(N)C(=O)O)=CC1Cl. The van der Waals surface area contributed by atoms with Gasteiger partial charge < -0.3 is 20.7 Å². The summed E-state index contributed by atoms with van der Waals surface area (Å²) < 4.78 is 5.19. The first-order valence-electron chi connectivity index (χ1n) is 7.27. The van der Waals surface area contributed by atoms with Gasteiger partial charge in [0, 0.05) is 6.42 Å². The van der Waals surface area contributed by atoms with Crippen molar-refractivity contribution in [3.8, 4) is 0 Å². The second-order valence-corrected chi connectivity index (χ2v) is 8.99. The minimum absolute atomic E-state index is 0.0909. The number of alkyl halides is 1. The molecule has 0 amide bonds. The molecule has 1 aliphatic carbocycles. The first kappa shape index (κ1) is 23.0. The molecule has 146 valence electrons. The molecule has 0 bridgehead atoms. The van der Waals surface area contributed by atoms with Crippen LogP contribution in [0, 0.1) is 0 Å². The Morgan fingerprint density at radius 1 is 1.38 bits per heavy atom. The zero-order valence-electron chi connectivity index (χ0n) is 13.6. The van der Waals surface area contributed by atoms with Crippen LogP contribution < -0.4 is 5.73 Å². The van der Waals surface area contributed by atoms with Crippen molar-refractivity contribution in [1.29, 1.82) is 0 Å². The Bertz CT molecular complexity index is 665. The number of rotatable bonds is 9. The summed E-state index contributed by atoms with van der Waals surface area (Å²) >= 11 is 12.2. The number of carbonyl (C=O) groups is 3. The van der Waals surface area contributed by atoms with Gasteiger partial charge in [-0.3, -0.25) is 4.79 Å². The van der Waals surface area contributed by atoms with Crippen LogP contribution in [0.2, 0.25) is 0 Å². The van der Waals surface area contributed by atoms with Crippen LogP contribution in [0.1, 0.15) is 13.3 Å². The van der Waals surface area contributed by atoms with Crippen LogP contribution in [0.3, 0.4) is 0 Å². The number of aliphatic carboxylic acids is 2. The average molecular weight is 431 g/mol. The van der Waals surface area contributed by atoms with Gasteiger partial charge in [0.25, 0.3) is 0 Å². The summed E-state index contributed by atoms with van der Waals surface area (Å²) in [6.07, 6.45) is 1.47. The molecule has 26 heavy (non-hydrogen) atoms. The molecule has 0 aromatic rings. The molecule has 0 aromatic heterocycles. The topological polar surface area (TPSA) is 167 Å². The molecule has 0 aromatic carbocycles. The van der Waals surface area contributed by atoms with Crippen LogP contribution in [0.5, 0.6) is 0 Å². The van der Waals surface area contributed by atoms with E-state index in [-0.39, 0.29) is 17.0 Å². The van der Waals surface area contributed by atoms with Crippen molar-refractivity contribution < 1.29 is 39.1 Å². The van der Waals surface area contributed by atoms with Gasteiger partial charge in [-0.1, -0.05) is 11.6 Å². The fourth-order valence-corrected chi connectivity index (χ4v) is 4.08. The highest BCUT2D eigenvalue weighted by molar-refractivity contribution is 7.81. The number of halogens is 2. The van der Waals surface area contributed by atoms with Gasteiger partial charge in [-0.05, 0) is 19.1 Å². The van der Waals surface area contributed by atoms with Gasteiger partial charge in [0.15, 0.2) is 0 Å². The van der Waals surface area contributed by atoms with Gasteiger partial charge in [-0.15, -0.1) is 11.6 Å². The van der Waals surface area contributed by atoms with Crippen molar-refractivity contribution in [3.05, 3.63) is 22.8 Å². The number of hydrogen-bond donors (Lipinski definition) is 5. The lowest BCUT2D eigenvalue weighted by Crippen LogP contribution is -2.42. The highest BCUT2D eigenvalue weighted by atomic mass is 35.5. The molecule has 1 aliphatic rings. The largest absolute Gasteiger partial charge is 0.480 e. The van der Waals surface area contributed by atoms with E-state index in [1.165, 1.54) is 13.0 Å². The molecule has 0 radical (unpaired) electrons. The summed E-state index contributed by atoms with van der Waals surface area (Å²) in [5.74, 6) is -2.57. The molecule has 1 rings (SSSR count). The van der Waals surface area contributed by atoms with E-state index in [1.807, 2.05) is 0 Å². The summed E-state index contributed by atoms with van der Waals surface area (Å²) in [6.45, 7) is 0.751. The monoisotopic (exact) mass is 430 g/mol. The molecule has 0 heterocycles. The van der Waals surface area contributed by atoms with Gasteiger partial charge in [-0.25, -0.2) is 19.4 Å². The lowest BCUT2D eigenvalue weighted by atomic mass is 9.93. The van der Waals surface area contributed by atoms with Crippen molar-refractivity contribution >= 4 is 48.4 Å². The molecule has 0 aliphatic heterocycles. The quantitative estimate of drug-likeness (QED) is 0.260. The number of ether oxygens (including phenoxy) is 1. The fourth-order valence-electron chi connectivity index (χ4n) is 2.02. The van der Waals surface area contributed by atoms with Crippen LogP contribution in [-0.4, -0.2) is 67.3 Å². The highest BCUT2D eigenvalue weighted by Crippen LogP contribution is 2.54. The summed E-state index contributed by atoms with van der Waals surface area (Å²) in [4.78, 5) is 53.8. The maximum Gasteiger partial charge on any atom is 0.356 e. The predicted molar refractivity (Wildman–Crippen MR) is 95.1 cm³/mol. The molecule has 6 N–H and O–H groups in total. The average Bonchev–Trinajstić information content (AvgIpc) is 2.54. The molecule has 0 spiro atoms. The zero-order valence-corrected chi connectivity index (χ0v) is 16.0. The Morgan fingerprint density at radius 3 is 2.42 bits per heavy atom. The molecular weight excluding hydrogens is 412 g/mol. The van der Waals surface area contributed by atoms with Gasteiger partial charge >= 0.3 is 25.2 Å². The number of allylic oxidation sites excluding steroid dienone is 2. The van der Waals surface area contributed by atoms with Gasteiger partial charge in [0.1, 0.15) is 24.4 Å². The van der Waals surface area contributed by atoms with E-state index in [4.69, 9.17) is 43.9 Å². The fraction of sp³-hybridized carbons (Fsp3) is 0.500. The molecule has 0 fully saturated rings. The summed E-state index contributed by atoms with van der Waals surface area (Å²) in [6, 6.07) is -1.34. The number of carboxylic acids is 2. The molecular formula is C14H19Cl2NO8P+. The molecule has 0 saturated carbocycles. The minimum Gasteiger partial charge on any atom is -0.480 e. The number of nitrogens with two attached hydrogens (primary N) is 1. The van der Waals surface area contributed by atoms with Gasteiger partial charge in [0.05, 0.1) is 16.0 Å². The first-order valence-corrected chi connectivity index (χ1v) is 9.97. The Labute approximate surface area is 159 Å². The van der Waals surface area contributed by atoms with Crippen LogP contribution in [0.15, 0.2) is 22.8 Å². The molecule has 0 saturated heterocycles. The lowest BCUT2D eigenvalue weighted by Gasteiger charge is -2.34. The maximum atomic E-state index is 12.4. The molecule has 12 heteroatoms.